The van der Waals surface area contributed by atoms with Gasteiger partial charge in [-0.25, -0.2) is 0 Å². The number of allylic oxidation sites excluding steroid dienone is 1. The first-order valence-corrected chi connectivity index (χ1v) is 14.3. The Morgan fingerprint density at radius 3 is 2.51 bits per heavy atom. The second-order valence-electron chi connectivity index (χ2n) is 11.7. The number of hydrogen-bond acceptors (Lipinski definition) is 6. The summed E-state index contributed by atoms with van der Waals surface area (Å²) in [5.74, 6) is -2.68. The van der Waals surface area contributed by atoms with E-state index in [0.29, 0.717) is 32.4 Å². The number of aliphatic hydroxyl groups is 1. The molecule has 2 fully saturated rings. The van der Waals surface area contributed by atoms with E-state index in [4.69, 9.17) is 9.47 Å². The molecule has 8 heteroatoms. The topological polar surface area (TPSA) is 96.4 Å². The Balaban J connectivity index is 1.65. The molecule has 1 spiro atoms. The molecule has 0 bridgehead atoms. The Bertz CT molecular complexity index is 1150. The molecule has 2 amide bonds. The second kappa shape index (κ2) is 10.9. The van der Waals surface area contributed by atoms with Crippen molar-refractivity contribution in [1.29, 1.82) is 0 Å². The molecule has 4 aliphatic heterocycles. The van der Waals surface area contributed by atoms with Crippen molar-refractivity contribution in [3.63, 3.8) is 0 Å². The number of nitrogens with zero attached hydrogens (tertiary/aromatic N) is 2. The quantitative estimate of drug-likeness (QED) is 0.425. The van der Waals surface area contributed by atoms with Crippen LogP contribution in [0, 0.1) is 17.8 Å². The Hall–Kier alpha value is -2.97. The van der Waals surface area contributed by atoms with Gasteiger partial charge in [0.1, 0.15) is 23.2 Å². The predicted octanol–water partition coefficient (Wildman–Crippen LogP) is 3.25. The summed E-state index contributed by atoms with van der Waals surface area (Å²) in [6.45, 7) is 6.70. The molecule has 4 heterocycles. The van der Waals surface area contributed by atoms with E-state index in [9.17, 15) is 19.5 Å². The number of ether oxygens (including phenoxy) is 2. The zero-order valence-electron chi connectivity index (χ0n) is 23.1. The van der Waals surface area contributed by atoms with Crippen LogP contribution < -0.4 is 0 Å². The zero-order chi connectivity index (χ0) is 27.8. The molecule has 5 rings (SSSR count). The van der Waals surface area contributed by atoms with Crippen LogP contribution in [-0.4, -0.2) is 75.7 Å². The van der Waals surface area contributed by atoms with Crippen LogP contribution in [0.5, 0.6) is 0 Å². The third-order valence-electron chi connectivity index (χ3n) is 8.72. The SMILES string of the molecule is CC[C@@]12/C=C\CCCOC(=O)[C@@H]1[C@H]1C(=O)N([C@@H](CO)CC(C)C)C3C(=O)N(Cc4ccccc4)CC=C[C@@]31O2. The number of hydrogen-bond donors (Lipinski definition) is 1. The lowest BCUT2D eigenvalue weighted by Crippen LogP contribution is -2.59. The van der Waals surface area contributed by atoms with Gasteiger partial charge in [-0.2, -0.15) is 0 Å². The number of cyclic esters (lactones) is 1. The molecule has 1 aromatic carbocycles. The fourth-order valence-electron chi connectivity index (χ4n) is 7.02. The minimum absolute atomic E-state index is 0.177. The van der Waals surface area contributed by atoms with Crippen molar-refractivity contribution in [3.8, 4) is 0 Å². The highest BCUT2D eigenvalue weighted by Crippen LogP contribution is 2.58. The molecule has 0 aromatic heterocycles. The maximum atomic E-state index is 14.5. The standard InChI is InChI=1S/C31H40N2O6/c1-4-30-14-9-6-10-17-38-29(37)25(30)24-27(35)33(23(20-34)18-21(2)3)26-28(36)32(16-11-15-31(24,26)39-30)19-22-12-7-5-8-13-22/h5,7-9,11-15,21,23-26,34H,4,6,10,16-20H2,1-3H3/b14-9-/t23-,24+,25+,26?,30-,31+/m1/s1. The molecule has 8 nitrogen and oxygen atoms in total. The monoisotopic (exact) mass is 536 g/mol. The minimum atomic E-state index is -1.35. The molecular formula is C31H40N2O6. The number of likely N-dealkylation sites (tertiary alicyclic amines) is 1. The number of aliphatic hydroxyl groups excluding tert-OH is 1. The first-order valence-electron chi connectivity index (χ1n) is 14.3. The molecule has 210 valence electrons. The van der Waals surface area contributed by atoms with Gasteiger partial charge in [-0.3, -0.25) is 14.4 Å². The average Bonchev–Trinajstić information content (AvgIpc) is 3.31. The van der Waals surface area contributed by atoms with Crippen LogP contribution in [0.25, 0.3) is 0 Å². The summed E-state index contributed by atoms with van der Waals surface area (Å²) in [6.07, 6.45) is 10.1. The highest BCUT2D eigenvalue weighted by molar-refractivity contribution is 5.99. The van der Waals surface area contributed by atoms with Gasteiger partial charge in [-0.15, -0.1) is 0 Å². The molecule has 0 saturated carbocycles. The largest absolute Gasteiger partial charge is 0.465 e. The van der Waals surface area contributed by atoms with E-state index in [2.05, 4.69) is 0 Å². The highest BCUT2D eigenvalue weighted by Gasteiger charge is 2.75. The van der Waals surface area contributed by atoms with Crippen LogP contribution in [0.4, 0.5) is 0 Å². The summed E-state index contributed by atoms with van der Waals surface area (Å²) < 4.78 is 12.6. The smallest absolute Gasteiger partial charge is 0.313 e. The van der Waals surface area contributed by atoms with Crippen LogP contribution in [0.1, 0.15) is 52.0 Å². The predicted molar refractivity (Wildman–Crippen MR) is 145 cm³/mol. The second-order valence-corrected chi connectivity index (χ2v) is 11.7. The Labute approximate surface area is 230 Å². The molecular weight excluding hydrogens is 496 g/mol. The molecule has 1 aromatic rings. The van der Waals surface area contributed by atoms with Gasteiger partial charge in [-0.05, 0) is 37.2 Å². The Morgan fingerprint density at radius 1 is 1.05 bits per heavy atom. The summed E-state index contributed by atoms with van der Waals surface area (Å²) in [7, 11) is 0. The summed E-state index contributed by atoms with van der Waals surface area (Å²) in [4.78, 5) is 45.9. The number of esters is 1. The molecule has 1 N–H and O–H groups in total. The van der Waals surface area contributed by atoms with Crippen LogP contribution in [0.15, 0.2) is 54.6 Å². The van der Waals surface area contributed by atoms with E-state index in [1.54, 1.807) is 9.80 Å². The lowest BCUT2D eigenvalue weighted by atomic mass is 9.73. The molecule has 6 atom stereocenters. The van der Waals surface area contributed by atoms with E-state index >= 15 is 0 Å². The van der Waals surface area contributed by atoms with Crippen LogP contribution in [0.2, 0.25) is 0 Å². The van der Waals surface area contributed by atoms with Crippen molar-refractivity contribution in [2.75, 3.05) is 19.8 Å². The first-order chi connectivity index (χ1) is 18.8. The maximum Gasteiger partial charge on any atom is 0.313 e. The summed E-state index contributed by atoms with van der Waals surface area (Å²) in [6, 6.07) is 8.15. The van der Waals surface area contributed by atoms with E-state index in [-0.39, 0.29) is 30.9 Å². The van der Waals surface area contributed by atoms with E-state index < -0.39 is 41.1 Å². The minimum Gasteiger partial charge on any atom is -0.465 e. The van der Waals surface area contributed by atoms with Crippen LogP contribution in [0.3, 0.4) is 0 Å². The first kappa shape index (κ1) is 27.6. The van der Waals surface area contributed by atoms with E-state index in [0.717, 1.165) is 12.0 Å². The summed E-state index contributed by atoms with van der Waals surface area (Å²) >= 11 is 0. The van der Waals surface area contributed by atoms with Gasteiger partial charge >= 0.3 is 5.97 Å². The molecule has 2 saturated heterocycles. The van der Waals surface area contributed by atoms with E-state index in [1.165, 1.54) is 0 Å². The number of fused-ring (bicyclic) bond motifs is 2. The molecule has 0 aliphatic carbocycles. The third kappa shape index (κ3) is 4.61. The lowest BCUT2D eigenvalue weighted by Gasteiger charge is -2.41. The van der Waals surface area contributed by atoms with Gasteiger partial charge in [0.2, 0.25) is 11.8 Å². The number of carbonyl (C=O) groups is 3. The average molecular weight is 537 g/mol. The highest BCUT2D eigenvalue weighted by atomic mass is 16.6. The zero-order valence-corrected chi connectivity index (χ0v) is 23.1. The van der Waals surface area contributed by atoms with Gasteiger partial charge < -0.3 is 24.4 Å². The van der Waals surface area contributed by atoms with Gasteiger partial charge in [0, 0.05) is 13.1 Å². The molecule has 39 heavy (non-hydrogen) atoms. The van der Waals surface area contributed by atoms with Crippen molar-refractivity contribution in [1.82, 2.24) is 9.80 Å². The Kier molecular flexibility index (Phi) is 7.71. The van der Waals surface area contributed by atoms with Crippen LogP contribution in [-0.2, 0) is 30.4 Å². The number of rotatable bonds is 7. The molecule has 4 aliphatic rings. The third-order valence-corrected chi connectivity index (χ3v) is 8.72. The summed E-state index contributed by atoms with van der Waals surface area (Å²) in [5, 5.41) is 10.5. The van der Waals surface area contributed by atoms with Crippen molar-refractivity contribution < 1.29 is 29.0 Å². The molecule has 1 unspecified atom stereocenters. The van der Waals surface area contributed by atoms with Crippen molar-refractivity contribution in [2.45, 2.75) is 76.3 Å². The van der Waals surface area contributed by atoms with Crippen LogP contribution >= 0.6 is 0 Å². The Morgan fingerprint density at radius 2 is 1.82 bits per heavy atom. The number of benzene rings is 1. The fraction of sp³-hybridized carbons (Fsp3) is 0.581. The van der Waals surface area contributed by atoms with Gasteiger partial charge in [0.15, 0.2) is 0 Å². The van der Waals surface area contributed by atoms with Crippen molar-refractivity contribution in [3.05, 3.63) is 60.2 Å². The van der Waals surface area contributed by atoms with Gasteiger partial charge in [-0.1, -0.05) is 75.4 Å². The summed E-state index contributed by atoms with van der Waals surface area (Å²) in [5.41, 5.74) is -1.45. The number of amides is 2. The fourth-order valence-corrected chi connectivity index (χ4v) is 7.02. The van der Waals surface area contributed by atoms with Gasteiger partial charge in [0.05, 0.1) is 25.2 Å². The van der Waals surface area contributed by atoms with Gasteiger partial charge in [0.25, 0.3) is 0 Å². The van der Waals surface area contributed by atoms with Crippen molar-refractivity contribution >= 4 is 17.8 Å². The normalized spacial score (nSPS) is 34.0. The molecule has 0 radical (unpaired) electrons. The van der Waals surface area contributed by atoms with Crippen molar-refractivity contribution in [2.24, 2.45) is 17.8 Å². The lowest BCUT2D eigenvalue weighted by molar-refractivity contribution is -0.163. The maximum absolute atomic E-state index is 14.5. The number of carbonyl (C=O) groups excluding carboxylic acids is 3. The van der Waals surface area contributed by atoms with E-state index in [1.807, 2.05) is 75.4 Å².